The SMILES string of the molecule is N#Cc1ccccc1NC(=O)CN(Cc1ccco1)Cc1ccco1. The third kappa shape index (κ3) is 4.59. The Balaban J connectivity index is 1.68. The molecule has 1 N–H and O–H groups in total. The average Bonchev–Trinajstić information content (AvgIpc) is 3.29. The third-order valence-corrected chi connectivity index (χ3v) is 3.61. The fourth-order valence-corrected chi connectivity index (χ4v) is 2.50. The van der Waals surface area contributed by atoms with Crippen molar-refractivity contribution in [2.75, 3.05) is 11.9 Å². The van der Waals surface area contributed by atoms with Crippen LogP contribution in [0.2, 0.25) is 0 Å². The van der Waals surface area contributed by atoms with Gasteiger partial charge in [0.1, 0.15) is 17.6 Å². The van der Waals surface area contributed by atoms with Crippen molar-refractivity contribution in [1.29, 1.82) is 5.26 Å². The molecule has 0 saturated heterocycles. The molecule has 2 heterocycles. The van der Waals surface area contributed by atoms with Crippen molar-refractivity contribution in [2.45, 2.75) is 13.1 Å². The van der Waals surface area contributed by atoms with Crippen LogP contribution in [0.4, 0.5) is 5.69 Å². The minimum absolute atomic E-state index is 0.140. The Morgan fingerprint density at radius 3 is 2.20 bits per heavy atom. The first-order chi connectivity index (χ1) is 12.2. The molecule has 126 valence electrons. The standard InChI is InChI=1S/C19H17N3O3/c20-11-15-5-1-2-8-18(15)21-19(23)14-22(12-16-6-3-9-24-16)13-17-7-4-10-25-17/h1-10H,12-14H2,(H,21,23). The smallest absolute Gasteiger partial charge is 0.238 e. The van der Waals surface area contributed by atoms with Gasteiger partial charge in [-0.15, -0.1) is 0 Å². The van der Waals surface area contributed by atoms with Crippen LogP contribution in [0, 0.1) is 11.3 Å². The molecule has 0 spiro atoms. The van der Waals surface area contributed by atoms with Crippen molar-refractivity contribution in [1.82, 2.24) is 4.90 Å². The van der Waals surface area contributed by atoms with Crippen LogP contribution >= 0.6 is 0 Å². The van der Waals surface area contributed by atoms with Gasteiger partial charge in [-0.3, -0.25) is 9.69 Å². The molecule has 6 nitrogen and oxygen atoms in total. The van der Waals surface area contributed by atoms with Gasteiger partial charge >= 0.3 is 0 Å². The molecule has 0 aliphatic rings. The van der Waals surface area contributed by atoms with E-state index in [1.54, 1.807) is 36.8 Å². The number of rotatable bonds is 7. The highest BCUT2D eigenvalue weighted by Gasteiger charge is 2.15. The third-order valence-electron chi connectivity index (χ3n) is 3.61. The molecule has 0 aliphatic carbocycles. The topological polar surface area (TPSA) is 82.4 Å². The van der Waals surface area contributed by atoms with Crippen LogP contribution in [0.15, 0.2) is 69.9 Å². The van der Waals surface area contributed by atoms with Gasteiger partial charge in [-0.1, -0.05) is 12.1 Å². The van der Waals surface area contributed by atoms with Gasteiger partial charge in [-0.2, -0.15) is 5.26 Å². The lowest BCUT2D eigenvalue weighted by Gasteiger charge is -2.19. The summed E-state index contributed by atoms with van der Waals surface area (Å²) in [4.78, 5) is 14.3. The number of amides is 1. The second-order valence-electron chi connectivity index (χ2n) is 5.51. The van der Waals surface area contributed by atoms with E-state index in [1.807, 2.05) is 29.2 Å². The van der Waals surface area contributed by atoms with Crippen LogP contribution in [-0.4, -0.2) is 17.4 Å². The van der Waals surface area contributed by atoms with E-state index in [0.717, 1.165) is 11.5 Å². The minimum Gasteiger partial charge on any atom is -0.468 e. The number of anilines is 1. The Hall–Kier alpha value is -3.30. The summed E-state index contributed by atoms with van der Waals surface area (Å²) in [6, 6.07) is 16.3. The average molecular weight is 335 g/mol. The normalized spacial score (nSPS) is 10.6. The molecule has 3 rings (SSSR count). The summed E-state index contributed by atoms with van der Waals surface area (Å²) in [5.41, 5.74) is 0.936. The number of hydrogen-bond donors (Lipinski definition) is 1. The monoisotopic (exact) mass is 335 g/mol. The molecular formula is C19H17N3O3. The van der Waals surface area contributed by atoms with E-state index in [1.165, 1.54) is 0 Å². The highest BCUT2D eigenvalue weighted by molar-refractivity contribution is 5.93. The van der Waals surface area contributed by atoms with E-state index < -0.39 is 0 Å². The zero-order valence-electron chi connectivity index (χ0n) is 13.5. The number of carbonyl (C=O) groups is 1. The quantitative estimate of drug-likeness (QED) is 0.715. The second-order valence-corrected chi connectivity index (χ2v) is 5.51. The molecule has 1 aromatic carbocycles. The first kappa shape index (κ1) is 16.6. The molecule has 1 amide bonds. The molecular weight excluding hydrogens is 318 g/mol. The fourth-order valence-electron chi connectivity index (χ4n) is 2.50. The molecule has 0 bridgehead atoms. The number of para-hydroxylation sites is 1. The molecule has 0 fully saturated rings. The van der Waals surface area contributed by atoms with Gasteiger partial charge in [0.25, 0.3) is 0 Å². The maximum atomic E-state index is 12.4. The van der Waals surface area contributed by atoms with Gasteiger partial charge in [0.05, 0.1) is 43.4 Å². The zero-order valence-corrected chi connectivity index (χ0v) is 13.5. The van der Waals surface area contributed by atoms with Crippen molar-refractivity contribution in [3.8, 4) is 6.07 Å². The molecule has 25 heavy (non-hydrogen) atoms. The van der Waals surface area contributed by atoms with E-state index in [2.05, 4.69) is 11.4 Å². The molecule has 0 atom stereocenters. The number of nitrogens with zero attached hydrogens (tertiary/aromatic N) is 2. The highest BCUT2D eigenvalue weighted by Crippen LogP contribution is 2.15. The number of furan rings is 2. The number of benzene rings is 1. The minimum atomic E-state index is -0.208. The molecule has 0 unspecified atom stereocenters. The van der Waals surface area contributed by atoms with Gasteiger partial charge in [-0.05, 0) is 36.4 Å². The Bertz CT molecular complexity index is 812. The predicted octanol–water partition coefficient (Wildman–Crippen LogP) is 3.39. The van der Waals surface area contributed by atoms with Gasteiger partial charge in [0, 0.05) is 0 Å². The number of hydrogen-bond acceptors (Lipinski definition) is 5. The molecule has 3 aromatic rings. The molecule has 6 heteroatoms. The van der Waals surface area contributed by atoms with Crippen LogP contribution in [0.25, 0.3) is 0 Å². The predicted molar refractivity (Wildman–Crippen MR) is 91.3 cm³/mol. The van der Waals surface area contributed by atoms with Crippen molar-refractivity contribution in [2.24, 2.45) is 0 Å². The summed E-state index contributed by atoms with van der Waals surface area (Å²) in [5.74, 6) is 1.31. The Kier molecular flexibility index (Phi) is 5.29. The van der Waals surface area contributed by atoms with Gasteiger partial charge in [0.2, 0.25) is 5.91 Å². The van der Waals surface area contributed by atoms with Gasteiger partial charge in [0.15, 0.2) is 0 Å². The number of nitrogens with one attached hydrogen (secondary N) is 1. The van der Waals surface area contributed by atoms with E-state index >= 15 is 0 Å². The van der Waals surface area contributed by atoms with E-state index in [9.17, 15) is 4.79 Å². The summed E-state index contributed by atoms with van der Waals surface area (Å²) < 4.78 is 10.7. The fraction of sp³-hybridized carbons (Fsp3) is 0.158. The van der Waals surface area contributed by atoms with E-state index in [0.29, 0.717) is 24.3 Å². The molecule has 0 radical (unpaired) electrons. The summed E-state index contributed by atoms with van der Waals surface area (Å²) in [7, 11) is 0. The number of nitriles is 1. The van der Waals surface area contributed by atoms with Crippen LogP contribution < -0.4 is 5.32 Å². The Morgan fingerprint density at radius 2 is 1.64 bits per heavy atom. The van der Waals surface area contributed by atoms with Crippen LogP contribution in [0.3, 0.4) is 0 Å². The van der Waals surface area contributed by atoms with Crippen molar-refractivity contribution < 1.29 is 13.6 Å². The van der Waals surface area contributed by atoms with Crippen LogP contribution in [0.1, 0.15) is 17.1 Å². The van der Waals surface area contributed by atoms with Crippen LogP contribution in [0.5, 0.6) is 0 Å². The summed E-state index contributed by atoms with van der Waals surface area (Å²) in [5, 5.41) is 11.9. The molecule has 0 aliphatic heterocycles. The van der Waals surface area contributed by atoms with Crippen LogP contribution in [-0.2, 0) is 17.9 Å². The maximum absolute atomic E-state index is 12.4. The lowest BCUT2D eigenvalue weighted by molar-refractivity contribution is -0.117. The lowest BCUT2D eigenvalue weighted by Crippen LogP contribution is -2.32. The largest absolute Gasteiger partial charge is 0.468 e. The lowest BCUT2D eigenvalue weighted by atomic mass is 10.2. The Labute approximate surface area is 145 Å². The maximum Gasteiger partial charge on any atom is 0.238 e. The number of carbonyl (C=O) groups excluding carboxylic acids is 1. The van der Waals surface area contributed by atoms with Crippen molar-refractivity contribution in [3.05, 3.63) is 78.1 Å². The Morgan fingerprint density at radius 1 is 1.00 bits per heavy atom. The van der Waals surface area contributed by atoms with Crippen molar-refractivity contribution in [3.63, 3.8) is 0 Å². The second kappa shape index (κ2) is 7.99. The summed E-state index contributed by atoms with van der Waals surface area (Å²) in [6.45, 7) is 1.09. The zero-order chi connectivity index (χ0) is 17.5. The highest BCUT2D eigenvalue weighted by atomic mass is 16.3. The molecule has 2 aromatic heterocycles. The van der Waals surface area contributed by atoms with E-state index in [-0.39, 0.29) is 12.5 Å². The molecule has 0 saturated carbocycles. The van der Waals surface area contributed by atoms with Gasteiger partial charge in [-0.25, -0.2) is 0 Å². The first-order valence-electron chi connectivity index (χ1n) is 7.80. The van der Waals surface area contributed by atoms with E-state index in [4.69, 9.17) is 14.1 Å². The van der Waals surface area contributed by atoms with Gasteiger partial charge < -0.3 is 14.2 Å². The summed E-state index contributed by atoms with van der Waals surface area (Å²) in [6.07, 6.45) is 3.20. The first-order valence-corrected chi connectivity index (χ1v) is 7.80. The van der Waals surface area contributed by atoms with Crippen molar-refractivity contribution >= 4 is 11.6 Å². The summed E-state index contributed by atoms with van der Waals surface area (Å²) >= 11 is 0.